The normalized spacial score (nSPS) is 11.5. The summed E-state index contributed by atoms with van der Waals surface area (Å²) in [5, 5.41) is 0.512. The molecule has 192 valence electrons. The number of anilines is 1. The third-order valence-electron chi connectivity index (χ3n) is 5.49. The molecule has 35 heavy (non-hydrogen) atoms. The van der Waals surface area contributed by atoms with Crippen molar-refractivity contribution in [2.24, 2.45) is 0 Å². The largest absolute Gasteiger partial charge is 0.492 e. The molecule has 0 radical (unpaired) electrons. The lowest BCUT2D eigenvalue weighted by Crippen LogP contribution is -2.39. The van der Waals surface area contributed by atoms with Crippen LogP contribution in [0.2, 0.25) is 0 Å². The van der Waals surface area contributed by atoms with E-state index in [9.17, 15) is 17.6 Å². The molecule has 0 aliphatic carbocycles. The van der Waals surface area contributed by atoms with Crippen LogP contribution >= 0.6 is 23.7 Å². The van der Waals surface area contributed by atoms with Crippen LogP contribution in [0.4, 0.5) is 9.52 Å². The number of likely N-dealkylation sites (N-methyl/N-ethyl adjacent to an activating group) is 1. The van der Waals surface area contributed by atoms with Gasteiger partial charge in [-0.3, -0.25) is 9.69 Å². The maximum atomic E-state index is 13.3. The number of benzene rings is 2. The minimum absolute atomic E-state index is 0. The van der Waals surface area contributed by atoms with Gasteiger partial charge in [0.1, 0.15) is 17.1 Å². The highest BCUT2D eigenvalue weighted by Crippen LogP contribution is 2.34. The van der Waals surface area contributed by atoms with E-state index in [4.69, 9.17) is 4.74 Å². The molecule has 0 unspecified atom stereocenters. The molecule has 0 aliphatic rings. The zero-order valence-corrected chi connectivity index (χ0v) is 22.5. The van der Waals surface area contributed by atoms with Crippen LogP contribution in [0.1, 0.15) is 27.2 Å². The molecule has 0 fully saturated rings. The summed E-state index contributed by atoms with van der Waals surface area (Å²) in [6.45, 7) is 9.20. The highest BCUT2D eigenvalue weighted by atomic mass is 35.5. The summed E-state index contributed by atoms with van der Waals surface area (Å²) in [7, 11) is -3.73. The van der Waals surface area contributed by atoms with Crippen molar-refractivity contribution in [1.82, 2.24) is 9.88 Å². The SMILES string of the molecule is CCOc1cccc2sc(N(CCN(CC)CC)C(=O)CCS(=O)(=O)c3ccc(F)cc3)nc12.Cl. The number of amides is 1. The lowest BCUT2D eigenvalue weighted by Gasteiger charge is -2.24. The average Bonchev–Trinajstić information content (AvgIpc) is 3.26. The molecule has 0 saturated carbocycles. The van der Waals surface area contributed by atoms with Crippen molar-refractivity contribution in [1.29, 1.82) is 0 Å². The molecule has 0 bridgehead atoms. The van der Waals surface area contributed by atoms with Crippen molar-refractivity contribution < 1.29 is 22.3 Å². The van der Waals surface area contributed by atoms with Crippen LogP contribution < -0.4 is 9.64 Å². The molecule has 1 heterocycles. The summed E-state index contributed by atoms with van der Waals surface area (Å²) in [5.41, 5.74) is 0.684. The minimum Gasteiger partial charge on any atom is -0.492 e. The van der Waals surface area contributed by atoms with Crippen molar-refractivity contribution >= 4 is 54.8 Å². The van der Waals surface area contributed by atoms with E-state index in [-0.39, 0.29) is 35.4 Å². The highest BCUT2D eigenvalue weighted by Gasteiger charge is 2.24. The maximum Gasteiger partial charge on any atom is 0.229 e. The number of halogens is 2. The molecular weight excluding hydrogens is 513 g/mol. The molecule has 7 nitrogen and oxygen atoms in total. The van der Waals surface area contributed by atoms with Crippen LogP contribution in [0.25, 0.3) is 10.2 Å². The van der Waals surface area contributed by atoms with Crippen molar-refractivity contribution in [3.8, 4) is 5.75 Å². The van der Waals surface area contributed by atoms with Crippen molar-refractivity contribution in [3.05, 3.63) is 48.3 Å². The first-order valence-corrected chi connectivity index (χ1v) is 13.8. The number of fused-ring (bicyclic) bond motifs is 1. The highest BCUT2D eigenvalue weighted by molar-refractivity contribution is 7.91. The Morgan fingerprint density at radius 1 is 1.06 bits per heavy atom. The van der Waals surface area contributed by atoms with E-state index in [0.29, 0.717) is 36.1 Å². The molecule has 0 aliphatic heterocycles. The van der Waals surface area contributed by atoms with Gasteiger partial charge in [0.05, 0.1) is 22.0 Å². The summed E-state index contributed by atoms with van der Waals surface area (Å²) in [6.07, 6.45) is -0.202. The quantitative estimate of drug-likeness (QED) is 0.305. The second-order valence-corrected chi connectivity index (χ2v) is 10.7. The Labute approximate surface area is 216 Å². The Balaban J connectivity index is 0.00000432. The lowest BCUT2D eigenvalue weighted by atomic mass is 10.3. The second-order valence-electron chi connectivity index (χ2n) is 7.63. The third-order valence-corrected chi connectivity index (χ3v) is 8.27. The smallest absolute Gasteiger partial charge is 0.229 e. The number of ether oxygens (including phenoxy) is 1. The fraction of sp³-hybridized carbons (Fsp3) is 0.417. The molecule has 2 aromatic carbocycles. The Morgan fingerprint density at radius 2 is 1.74 bits per heavy atom. The van der Waals surface area contributed by atoms with Crippen LogP contribution in [0.5, 0.6) is 5.75 Å². The monoisotopic (exact) mass is 543 g/mol. The van der Waals surface area contributed by atoms with Crippen LogP contribution in [-0.2, 0) is 14.6 Å². The zero-order valence-electron chi connectivity index (χ0n) is 20.1. The molecule has 0 N–H and O–H groups in total. The van der Waals surface area contributed by atoms with E-state index >= 15 is 0 Å². The fourth-order valence-corrected chi connectivity index (χ4v) is 5.78. The van der Waals surface area contributed by atoms with Gasteiger partial charge in [-0.1, -0.05) is 31.3 Å². The second kappa shape index (κ2) is 13.2. The number of nitrogens with zero attached hydrogens (tertiary/aromatic N) is 3. The number of para-hydroxylation sites is 1. The van der Waals surface area contributed by atoms with Gasteiger partial charge in [0.25, 0.3) is 0 Å². The number of aromatic nitrogens is 1. The molecule has 11 heteroatoms. The standard InChI is InChI=1S/C24H30FN3O4S2.ClH/c1-4-27(5-2)15-16-28(24-26-23-20(32-6-3)8-7-9-21(23)33-24)22(29)14-17-34(30,31)19-12-10-18(25)11-13-19;/h7-13H,4-6,14-17H2,1-3H3;1H. The Bertz CT molecular complexity index is 1220. The Morgan fingerprint density at radius 3 is 2.37 bits per heavy atom. The molecule has 3 rings (SSSR count). The van der Waals surface area contributed by atoms with Gasteiger partial charge in [-0.15, -0.1) is 12.4 Å². The topological polar surface area (TPSA) is 79.8 Å². The Hall–Kier alpha value is -2.27. The van der Waals surface area contributed by atoms with E-state index in [1.54, 1.807) is 4.90 Å². The number of hydrogen-bond acceptors (Lipinski definition) is 7. The molecule has 3 aromatic rings. The summed E-state index contributed by atoms with van der Waals surface area (Å²) < 4.78 is 45.1. The van der Waals surface area contributed by atoms with E-state index in [1.165, 1.54) is 23.5 Å². The molecule has 0 atom stereocenters. The summed E-state index contributed by atoms with van der Waals surface area (Å²) >= 11 is 1.38. The molecule has 0 spiro atoms. The van der Waals surface area contributed by atoms with Crippen LogP contribution in [0.3, 0.4) is 0 Å². The van der Waals surface area contributed by atoms with Crippen LogP contribution in [-0.4, -0.2) is 62.7 Å². The van der Waals surface area contributed by atoms with E-state index < -0.39 is 15.7 Å². The van der Waals surface area contributed by atoms with E-state index in [0.717, 1.165) is 29.9 Å². The van der Waals surface area contributed by atoms with Gasteiger partial charge < -0.3 is 9.64 Å². The number of hydrogen-bond donors (Lipinski definition) is 0. The maximum absolute atomic E-state index is 13.3. The predicted molar refractivity (Wildman–Crippen MR) is 141 cm³/mol. The number of carbonyl (C=O) groups excluding carboxylic acids is 1. The first-order valence-electron chi connectivity index (χ1n) is 11.3. The van der Waals surface area contributed by atoms with Gasteiger partial charge >= 0.3 is 0 Å². The Kier molecular flexibility index (Phi) is 10.9. The lowest BCUT2D eigenvalue weighted by molar-refractivity contribution is -0.118. The van der Waals surface area contributed by atoms with Crippen molar-refractivity contribution in [3.63, 3.8) is 0 Å². The minimum atomic E-state index is -3.73. The number of rotatable bonds is 12. The van der Waals surface area contributed by atoms with Gasteiger partial charge in [0, 0.05) is 19.5 Å². The predicted octanol–water partition coefficient (Wildman–Crippen LogP) is 4.79. The van der Waals surface area contributed by atoms with Crippen LogP contribution in [0, 0.1) is 5.82 Å². The van der Waals surface area contributed by atoms with Crippen molar-refractivity contribution in [2.45, 2.75) is 32.1 Å². The van der Waals surface area contributed by atoms with E-state index in [2.05, 4.69) is 23.7 Å². The van der Waals surface area contributed by atoms with Gasteiger partial charge in [-0.25, -0.2) is 17.8 Å². The first kappa shape index (κ1) is 29.0. The van der Waals surface area contributed by atoms with Gasteiger partial charge in [-0.2, -0.15) is 0 Å². The molecule has 1 amide bonds. The molecule has 1 aromatic heterocycles. The van der Waals surface area contributed by atoms with Crippen LogP contribution in [0.15, 0.2) is 47.4 Å². The van der Waals surface area contributed by atoms with Gasteiger partial charge in [-0.05, 0) is 56.4 Å². The van der Waals surface area contributed by atoms with Gasteiger partial charge in [0.15, 0.2) is 15.0 Å². The number of carbonyl (C=O) groups is 1. The summed E-state index contributed by atoms with van der Waals surface area (Å²) in [4.78, 5) is 21.7. The summed E-state index contributed by atoms with van der Waals surface area (Å²) in [5.74, 6) is -0.554. The van der Waals surface area contributed by atoms with E-state index in [1.807, 2.05) is 25.1 Å². The molecular formula is C24H31ClFN3O4S2. The van der Waals surface area contributed by atoms with Crippen molar-refractivity contribution in [2.75, 3.05) is 43.4 Å². The third kappa shape index (κ3) is 7.36. The summed E-state index contributed by atoms with van der Waals surface area (Å²) in [6, 6.07) is 10.3. The van der Waals surface area contributed by atoms with Gasteiger partial charge in [0.2, 0.25) is 5.91 Å². The number of thiazole rings is 1. The zero-order chi connectivity index (χ0) is 24.7. The fourth-order valence-electron chi connectivity index (χ4n) is 3.52. The average molecular weight is 544 g/mol. The molecule has 0 saturated heterocycles. The number of sulfone groups is 1. The first-order chi connectivity index (χ1) is 16.3.